The zero-order valence-electron chi connectivity index (χ0n) is 33.0. The van der Waals surface area contributed by atoms with Gasteiger partial charge in [0.15, 0.2) is 0 Å². The largest absolute Gasteiger partial charge is 0.320 e. The van der Waals surface area contributed by atoms with Crippen LogP contribution in [0.2, 0.25) is 0 Å². The molecule has 11 aromatic rings. The Kier molecular flexibility index (Phi) is 7.11. The van der Waals surface area contributed by atoms with Gasteiger partial charge in [-0.25, -0.2) is 4.85 Å². The second kappa shape index (κ2) is 12.9. The molecule has 0 fully saturated rings. The summed E-state index contributed by atoms with van der Waals surface area (Å²) in [5, 5.41) is 16.1. The minimum Gasteiger partial charge on any atom is -0.320 e. The lowest BCUT2D eigenvalue weighted by atomic mass is 9.33. The molecular weight excluding hydrogens is 757 g/mol. The van der Waals surface area contributed by atoms with Crippen LogP contribution in [-0.2, 0) is 0 Å². The number of nitrogens with zero attached hydrogens (tertiary/aromatic N) is 7. The van der Waals surface area contributed by atoms with Crippen LogP contribution in [0, 0.1) is 17.9 Å². The van der Waals surface area contributed by atoms with Gasteiger partial charge in [-0.1, -0.05) is 97.1 Å². The van der Waals surface area contributed by atoms with E-state index in [2.05, 4.69) is 162 Å². The van der Waals surface area contributed by atoms with E-state index in [1.54, 1.807) is 12.4 Å². The van der Waals surface area contributed by atoms with Crippen LogP contribution < -0.4 is 21.3 Å². The van der Waals surface area contributed by atoms with Gasteiger partial charge < -0.3 is 14.0 Å². The number of aromatic nitrogens is 4. The van der Waals surface area contributed by atoms with Gasteiger partial charge in [0.2, 0.25) is 5.69 Å². The Morgan fingerprint density at radius 1 is 0.532 bits per heavy atom. The number of pyridine rings is 2. The van der Waals surface area contributed by atoms with Gasteiger partial charge in [0.1, 0.15) is 6.07 Å². The van der Waals surface area contributed by atoms with Gasteiger partial charge in [-0.05, 0) is 88.2 Å². The molecule has 2 aliphatic heterocycles. The molecule has 7 nitrogen and oxygen atoms in total. The highest BCUT2D eigenvalue weighted by molar-refractivity contribution is 7.00. The second-order valence-corrected chi connectivity index (χ2v) is 15.9. The van der Waals surface area contributed by atoms with Crippen molar-refractivity contribution in [1.29, 1.82) is 5.26 Å². The summed E-state index contributed by atoms with van der Waals surface area (Å²) in [6.07, 6.45) is 7.33. The van der Waals surface area contributed by atoms with Crippen LogP contribution in [0.3, 0.4) is 0 Å². The van der Waals surface area contributed by atoms with Crippen molar-refractivity contribution in [2.75, 3.05) is 4.90 Å². The smallest absolute Gasteiger partial charge is 0.250 e. The van der Waals surface area contributed by atoms with Crippen LogP contribution in [0.15, 0.2) is 183 Å². The van der Waals surface area contributed by atoms with Gasteiger partial charge in [-0.15, -0.1) is 0 Å². The van der Waals surface area contributed by atoms with E-state index in [1.807, 2.05) is 42.7 Å². The molecule has 0 aliphatic carbocycles. The number of nitriles is 1. The maximum Gasteiger partial charge on any atom is 0.250 e. The van der Waals surface area contributed by atoms with Crippen LogP contribution in [0.4, 0.5) is 22.7 Å². The van der Waals surface area contributed by atoms with E-state index in [0.717, 1.165) is 105 Å². The van der Waals surface area contributed by atoms with Crippen LogP contribution in [0.25, 0.3) is 82.1 Å². The summed E-state index contributed by atoms with van der Waals surface area (Å²) in [6.45, 7) is 9.04. The third-order valence-electron chi connectivity index (χ3n) is 12.9. The standard InChI is InChI=1S/C54H30BN7/c1-57-50-53(61-46-24-22-33(35-12-10-26-58-31-35)28-40(46)41-29-34(23-25-47(41)61)36-13-11-27-59-32-36)42(30-56)52-49-54(50)62-45-20-7-5-16-38(45)39-17-9-19-44(51(39)62)55(49)43-18-6-8-21-48(43)60(52)37-14-3-2-4-15-37/h2-29,31-32H. The number of hydrogen-bond acceptors (Lipinski definition) is 4. The molecule has 0 atom stereocenters. The maximum atomic E-state index is 11.9. The first-order valence-electron chi connectivity index (χ1n) is 20.6. The fourth-order valence-corrected chi connectivity index (χ4v) is 10.5. The van der Waals surface area contributed by atoms with Crippen LogP contribution in [0.1, 0.15) is 5.56 Å². The first-order chi connectivity index (χ1) is 30.7. The normalized spacial score (nSPS) is 12.4. The third kappa shape index (κ3) is 4.53. The highest BCUT2D eigenvalue weighted by Crippen LogP contribution is 2.50. The summed E-state index contributed by atoms with van der Waals surface area (Å²) < 4.78 is 4.49. The number of para-hydroxylation sites is 4. The van der Waals surface area contributed by atoms with Crippen molar-refractivity contribution in [2.45, 2.75) is 0 Å². The molecule has 4 aromatic heterocycles. The van der Waals surface area contributed by atoms with E-state index in [9.17, 15) is 11.8 Å². The molecule has 0 spiro atoms. The van der Waals surface area contributed by atoms with E-state index >= 15 is 0 Å². The predicted octanol–water partition coefficient (Wildman–Crippen LogP) is 11.0. The first-order valence-corrected chi connectivity index (χ1v) is 20.6. The van der Waals surface area contributed by atoms with Crippen molar-refractivity contribution in [2.24, 2.45) is 0 Å². The summed E-state index contributed by atoms with van der Waals surface area (Å²) in [5.41, 5.74) is 16.1. The first kappa shape index (κ1) is 34.2. The lowest BCUT2D eigenvalue weighted by molar-refractivity contribution is 1.13. The Morgan fingerprint density at radius 2 is 1.16 bits per heavy atom. The number of rotatable bonds is 4. The van der Waals surface area contributed by atoms with Crippen molar-refractivity contribution >= 4 is 89.5 Å². The van der Waals surface area contributed by atoms with Gasteiger partial charge in [0, 0.05) is 74.4 Å². The van der Waals surface area contributed by atoms with Gasteiger partial charge in [0.25, 0.3) is 6.71 Å². The van der Waals surface area contributed by atoms with Crippen molar-refractivity contribution in [3.05, 3.63) is 199 Å². The zero-order valence-corrected chi connectivity index (χ0v) is 33.0. The molecule has 0 saturated carbocycles. The highest BCUT2D eigenvalue weighted by Gasteiger charge is 2.45. The van der Waals surface area contributed by atoms with Gasteiger partial charge in [-0.2, -0.15) is 5.26 Å². The lowest BCUT2D eigenvalue weighted by Crippen LogP contribution is -2.60. The summed E-state index contributed by atoms with van der Waals surface area (Å²) in [4.78, 5) is 15.7. The minimum atomic E-state index is -0.236. The zero-order chi connectivity index (χ0) is 41.1. The number of hydrogen-bond donors (Lipinski definition) is 0. The molecule has 62 heavy (non-hydrogen) atoms. The van der Waals surface area contributed by atoms with Crippen molar-refractivity contribution in [3.8, 4) is 39.7 Å². The summed E-state index contributed by atoms with van der Waals surface area (Å²) >= 11 is 0. The quantitative estimate of drug-likeness (QED) is 0.132. The third-order valence-corrected chi connectivity index (χ3v) is 12.9. The molecule has 0 saturated heterocycles. The van der Waals surface area contributed by atoms with Gasteiger partial charge in [0.05, 0.1) is 45.7 Å². The fourth-order valence-electron chi connectivity index (χ4n) is 10.5. The minimum absolute atomic E-state index is 0.236. The van der Waals surface area contributed by atoms with Crippen LogP contribution >= 0.6 is 0 Å². The Hall–Kier alpha value is -8.72. The fraction of sp³-hybridized carbons (Fsp3) is 0. The average molecular weight is 788 g/mol. The van der Waals surface area contributed by atoms with Gasteiger partial charge in [-0.3, -0.25) is 9.97 Å². The van der Waals surface area contributed by atoms with Crippen LogP contribution in [0.5, 0.6) is 0 Å². The lowest BCUT2D eigenvalue weighted by Gasteiger charge is -2.42. The Bertz CT molecular complexity index is 3690. The van der Waals surface area contributed by atoms with Crippen LogP contribution in [-0.4, -0.2) is 25.8 Å². The van der Waals surface area contributed by atoms with E-state index in [1.165, 1.54) is 0 Å². The molecule has 0 amide bonds. The molecule has 0 unspecified atom stereocenters. The molecule has 6 heterocycles. The van der Waals surface area contributed by atoms with Crippen molar-refractivity contribution in [1.82, 2.24) is 19.1 Å². The van der Waals surface area contributed by atoms with E-state index in [-0.39, 0.29) is 6.71 Å². The van der Waals surface area contributed by atoms with Gasteiger partial charge >= 0.3 is 0 Å². The molecule has 7 aromatic carbocycles. The maximum absolute atomic E-state index is 11.9. The van der Waals surface area contributed by atoms with E-state index in [4.69, 9.17) is 0 Å². The molecular formula is C54H30BN7. The highest BCUT2D eigenvalue weighted by atomic mass is 15.2. The molecule has 2 aliphatic rings. The molecule has 0 N–H and O–H groups in total. The molecule has 0 radical (unpaired) electrons. The average Bonchev–Trinajstić information content (AvgIpc) is 3.85. The summed E-state index contributed by atoms with van der Waals surface area (Å²) in [5.74, 6) is 0. The van der Waals surface area contributed by atoms with Crippen molar-refractivity contribution < 1.29 is 0 Å². The van der Waals surface area contributed by atoms with E-state index < -0.39 is 0 Å². The van der Waals surface area contributed by atoms with E-state index in [0.29, 0.717) is 16.9 Å². The number of fused-ring (bicyclic) bond motifs is 10. The summed E-state index contributed by atoms with van der Waals surface area (Å²) in [7, 11) is 0. The number of anilines is 3. The Labute approximate surface area is 356 Å². The Morgan fingerprint density at radius 3 is 1.84 bits per heavy atom. The Balaban J connectivity index is 1.24. The topological polar surface area (TPSA) is 67.0 Å². The predicted molar refractivity (Wildman–Crippen MR) is 252 cm³/mol. The molecule has 0 bridgehead atoms. The monoisotopic (exact) mass is 787 g/mol. The second-order valence-electron chi connectivity index (χ2n) is 15.9. The number of benzene rings is 7. The summed E-state index contributed by atoms with van der Waals surface area (Å²) in [6, 6.07) is 57.7. The molecule has 13 rings (SSSR count). The van der Waals surface area contributed by atoms with Crippen molar-refractivity contribution in [3.63, 3.8) is 0 Å². The molecule has 284 valence electrons. The SMILES string of the molecule is [C-]#[N+]c1c(-n2c3ccc(-c4cccnc4)cc3c3cc(-c4cccnc4)ccc32)c(C#N)c2c3c1-n1c4ccccc4c4cccc(c41)B3c1ccccc1N2c1ccccc1. The molecule has 8 heteroatoms.